The molecule has 2 aliphatic heterocycles. The molecule has 2 fully saturated rings. The van der Waals surface area contributed by atoms with Gasteiger partial charge in [0.15, 0.2) is 0 Å². The Morgan fingerprint density at radius 1 is 1.48 bits per heavy atom. The van der Waals surface area contributed by atoms with Crippen LogP contribution in [0.3, 0.4) is 0 Å². The zero-order valence-corrected chi connectivity index (χ0v) is 12.6. The van der Waals surface area contributed by atoms with E-state index >= 15 is 0 Å². The van der Waals surface area contributed by atoms with Crippen molar-refractivity contribution in [2.45, 2.75) is 37.8 Å². The van der Waals surface area contributed by atoms with Gasteiger partial charge in [-0.15, -0.1) is 0 Å². The van der Waals surface area contributed by atoms with Gasteiger partial charge in [0.05, 0.1) is 19.1 Å². The average molecular weight is 289 g/mol. The van der Waals surface area contributed by atoms with E-state index in [1.165, 1.54) is 0 Å². The maximum atomic E-state index is 12.3. The number of carbonyl (C=O) groups excluding carboxylic acids is 1. The first-order chi connectivity index (χ1) is 10.1. The van der Waals surface area contributed by atoms with Crippen LogP contribution in [0, 0.1) is 11.8 Å². The predicted octanol–water partition coefficient (Wildman–Crippen LogP) is 1.72. The second-order valence-corrected chi connectivity index (χ2v) is 6.31. The largest absolute Gasteiger partial charge is 0.396 e. The monoisotopic (exact) mass is 289 g/mol. The van der Waals surface area contributed by atoms with E-state index in [0.717, 1.165) is 18.4 Å². The van der Waals surface area contributed by atoms with E-state index in [1.807, 2.05) is 32.1 Å². The van der Waals surface area contributed by atoms with E-state index < -0.39 is 11.1 Å². The second kappa shape index (κ2) is 5.11. The van der Waals surface area contributed by atoms with Crippen LogP contribution in [0.25, 0.3) is 0 Å². The predicted molar refractivity (Wildman–Crippen MR) is 80.6 cm³/mol. The quantitative estimate of drug-likeness (QED) is 0.828. The van der Waals surface area contributed by atoms with Crippen molar-refractivity contribution in [3.05, 3.63) is 36.0 Å². The summed E-state index contributed by atoms with van der Waals surface area (Å²) in [7, 11) is 0. The van der Waals surface area contributed by atoms with Gasteiger partial charge in [-0.1, -0.05) is 42.9 Å². The molecule has 3 rings (SSSR count). The molecule has 4 heteroatoms. The van der Waals surface area contributed by atoms with Crippen molar-refractivity contribution in [3.63, 3.8) is 0 Å². The van der Waals surface area contributed by atoms with Crippen LogP contribution < -0.4 is 5.32 Å². The standard InChI is InChI=1S/C17H23NO3/c1-3-13-15(20)18-17(11-21-16(13,17)2)14(10-19)12-8-6-4-5-7-9-12/h4-8,13-14,19H,3,9-11H2,1-2H3,(H,18,20)/t13-,14?,16-,17+/m0/s1. The molecule has 0 radical (unpaired) electrons. The molecule has 1 aliphatic carbocycles. The molecule has 2 N–H and O–H groups in total. The van der Waals surface area contributed by atoms with Crippen molar-refractivity contribution in [1.82, 2.24) is 5.32 Å². The van der Waals surface area contributed by atoms with Gasteiger partial charge in [0.2, 0.25) is 5.91 Å². The van der Waals surface area contributed by atoms with Crippen LogP contribution in [0.2, 0.25) is 0 Å². The maximum Gasteiger partial charge on any atom is 0.226 e. The molecule has 21 heavy (non-hydrogen) atoms. The van der Waals surface area contributed by atoms with Crippen LogP contribution in [0.15, 0.2) is 36.0 Å². The summed E-state index contributed by atoms with van der Waals surface area (Å²) in [6.45, 7) is 4.51. The van der Waals surface area contributed by atoms with Crippen molar-refractivity contribution in [2.75, 3.05) is 13.2 Å². The molecule has 0 saturated carbocycles. The van der Waals surface area contributed by atoms with Crippen molar-refractivity contribution in [3.8, 4) is 0 Å². The Morgan fingerprint density at radius 2 is 2.29 bits per heavy atom. The Balaban J connectivity index is 1.97. The molecule has 2 saturated heterocycles. The highest BCUT2D eigenvalue weighted by atomic mass is 16.5. The summed E-state index contributed by atoms with van der Waals surface area (Å²) in [6.07, 6.45) is 11.7. The van der Waals surface area contributed by atoms with Gasteiger partial charge in [-0.2, -0.15) is 0 Å². The van der Waals surface area contributed by atoms with Crippen LogP contribution in [-0.4, -0.2) is 35.4 Å². The third-order valence-electron chi connectivity index (χ3n) is 5.47. The van der Waals surface area contributed by atoms with E-state index in [9.17, 15) is 9.90 Å². The zero-order valence-electron chi connectivity index (χ0n) is 12.6. The number of allylic oxidation sites excluding steroid dienone is 5. The molecule has 3 aliphatic rings. The third-order valence-corrected chi connectivity index (χ3v) is 5.47. The summed E-state index contributed by atoms with van der Waals surface area (Å²) in [4.78, 5) is 12.3. The van der Waals surface area contributed by atoms with Crippen molar-refractivity contribution < 1.29 is 14.6 Å². The van der Waals surface area contributed by atoms with Gasteiger partial charge in [0.25, 0.3) is 0 Å². The molecule has 0 aromatic heterocycles. The Hall–Kier alpha value is -1.39. The molecule has 2 heterocycles. The Morgan fingerprint density at radius 3 is 2.90 bits per heavy atom. The zero-order chi connectivity index (χ0) is 15.1. The molecular formula is C17H23NO3. The normalized spacial score (nSPS) is 39.1. The maximum absolute atomic E-state index is 12.3. The van der Waals surface area contributed by atoms with Crippen LogP contribution >= 0.6 is 0 Å². The van der Waals surface area contributed by atoms with Gasteiger partial charge in [-0.3, -0.25) is 4.79 Å². The molecule has 4 nitrogen and oxygen atoms in total. The number of hydrogen-bond acceptors (Lipinski definition) is 3. The number of aliphatic hydroxyl groups excluding tert-OH is 1. The highest BCUT2D eigenvalue weighted by molar-refractivity contribution is 5.85. The van der Waals surface area contributed by atoms with E-state index in [0.29, 0.717) is 6.61 Å². The number of nitrogens with one attached hydrogen (secondary N) is 1. The van der Waals surface area contributed by atoms with Crippen molar-refractivity contribution in [2.24, 2.45) is 11.8 Å². The van der Waals surface area contributed by atoms with Gasteiger partial charge in [0.1, 0.15) is 11.1 Å². The molecule has 1 unspecified atom stereocenters. The minimum atomic E-state index is -0.521. The molecule has 114 valence electrons. The number of amides is 1. The lowest BCUT2D eigenvalue weighted by atomic mass is 9.63. The Labute approximate surface area is 125 Å². The number of fused-ring (bicyclic) bond motifs is 1. The van der Waals surface area contributed by atoms with E-state index in [1.54, 1.807) is 0 Å². The number of hydrogen-bond donors (Lipinski definition) is 2. The topological polar surface area (TPSA) is 58.6 Å². The van der Waals surface area contributed by atoms with Gasteiger partial charge >= 0.3 is 0 Å². The van der Waals surface area contributed by atoms with Gasteiger partial charge < -0.3 is 15.2 Å². The van der Waals surface area contributed by atoms with Crippen LogP contribution in [0.5, 0.6) is 0 Å². The number of rotatable bonds is 4. The second-order valence-electron chi connectivity index (χ2n) is 6.31. The van der Waals surface area contributed by atoms with Gasteiger partial charge in [-0.05, 0) is 19.8 Å². The van der Waals surface area contributed by atoms with E-state index in [-0.39, 0.29) is 24.3 Å². The summed E-state index contributed by atoms with van der Waals surface area (Å²) >= 11 is 0. The first-order valence-electron chi connectivity index (χ1n) is 7.68. The lowest BCUT2D eigenvalue weighted by Crippen LogP contribution is -2.74. The summed E-state index contributed by atoms with van der Waals surface area (Å²) in [5.74, 6) is -0.196. The highest BCUT2D eigenvalue weighted by Gasteiger charge is 2.71. The molecule has 0 spiro atoms. The molecule has 1 amide bonds. The number of carbonyl (C=O) groups is 1. The first-order valence-corrected chi connectivity index (χ1v) is 7.68. The minimum Gasteiger partial charge on any atom is -0.396 e. The van der Waals surface area contributed by atoms with E-state index in [2.05, 4.69) is 17.5 Å². The van der Waals surface area contributed by atoms with Gasteiger partial charge in [0, 0.05) is 5.92 Å². The van der Waals surface area contributed by atoms with Crippen LogP contribution in [0.4, 0.5) is 0 Å². The van der Waals surface area contributed by atoms with Crippen molar-refractivity contribution in [1.29, 1.82) is 0 Å². The summed E-state index contributed by atoms with van der Waals surface area (Å²) < 4.78 is 5.87. The molecule has 4 atom stereocenters. The fourth-order valence-electron chi connectivity index (χ4n) is 4.13. The summed E-state index contributed by atoms with van der Waals surface area (Å²) in [5.41, 5.74) is 0.151. The van der Waals surface area contributed by atoms with E-state index in [4.69, 9.17) is 4.74 Å². The third kappa shape index (κ3) is 1.86. The fourth-order valence-corrected chi connectivity index (χ4v) is 4.13. The lowest BCUT2D eigenvalue weighted by Gasteiger charge is -2.57. The lowest BCUT2D eigenvalue weighted by molar-refractivity contribution is -0.235. The molecule has 0 aromatic rings. The van der Waals surface area contributed by atoms with Crippen LogP contribution in [0.1, 0.15) is 26.7 Å². The molecular weight excluding hydrogens is 266 g/mol. The Kier molecular flexibility index (Phi) is 3.54. The summed E-state index contributed by atoms with van der Waals surface area (Å²) in [6, 6.07) is 0. The van der Waals surface area contributed by atoms with Crippen LogP contribution in [-0.2, 0) is 9.53 Å². The summed E-state index contributed by atoms with van der Waals surface area (Å²) in [5, 5.41) is 13.2. The van der Waals surface area contributed by atoms with Crippen molar-refractivity contribution >= 4 is 5.91 Å². The first kappa shape index (κ1) is 14.5. The minimum absolute atomic E-state index is 0.0170. The molecule has 0 bridgehead atoms. The smallest absolute Gasteiger partial charge is 0.226 e. The number of ether oxygens (including phenoxy) is 1. The average Bonchev–Trinajstić information content (AvgIpc) is 2.69. The van der Waals surface area contributed by atoms with Gasteiger partial charge in [-0.25, -0.2) is 0 Å². The number of aliphatic hydroxyl groups is 1. The highest BCUT2D eigenvalue weighted by Crippen LogP contribution is 2.54. The SMILES string of the molecule is CC[C@H]1C(=O)N[C@@]2(C(CO)C3=CC=CC=CC3)CO[C@@]12C. The Bertz CT molecular complexity index is 536. The fraction of sp³-hybridized carbons (Fsp3) is 0.588. The molecule has 0 aromatic carbocycles.